The van der Waals surface area contributed by atoms with Crippen molar-refractivity contribution < 1.29 is 4.79 Å². The normalized spacial score (nSPS) is 11.9. The number of anilines is 1. The molecule has 4 heteroatoms. The van der Waals surface area contributed by atoms with Gasteiger partial charge in [-0.2, -0.15) is 0 Å². The molecule has 0 saturated carbocycles. The molecule has 0 bridgehead atoms. The van der Waals surface area contributed by atoms with E-state index in [4.69, 9.17) is 17.3 Å². The molecule has 104 valence electrons. The second-order valence-corrected chi connectivity index (χ2v) is 5.28. The number of nitrogens with one attached hydrogen (secondary N) is 1. The highest BCUT2D eigenvalue weighted by molar-refractivity contribution is 6.30. The monoisotopic (exact) mass is 288 g/mol. The van der Waals surface area contributed by atoms with E-state index in [1.54, 1.807) is 12.1 Å². The molecule has 3 N–H and O–H groups in total. The first-order valence-corrected chi connectivity index (χ1v) is 6.74. The molecular weight excluding hydrogens is 272 g/mol. The van der Waals surface area contributed by atoms with Crippen LogP contribution in [0.3, 0.4) is 0 Å². The minimum absolute atomic E-state index is 0.409. The summed E-state index contributed by atoms with van der Waals surface area (Å²) in [4.78, 5) is 11.8. The molecule has 0 aromatic heterocycles. The molecular formula is C16H17ClN2O. The van der Waals surface area contributed by atoms with Crippen LogP contribution >= 0.6 is 11.6 Å². The fourth-order valence-electron chi connectivity index (χ4n) is 2.09. The van der Waals surface area contributed by atoms with E-state index >= 15 is 0 Å². The Morgan fingerprint density at radius 1 is 1.15 bits per heavy atom. The predicted octanol–water partition coefficient (Wildman–Crippen LogP) is 3.60. The quantitative estimate of drug-likeness (QED) is 0.903. The zero-order valence-corrected chi connectivity index (χ0v) is 12.2. The third-order valence-electron chi connectivity index (χ3n) is 3.19. The van der Waals surface area contributed by atoms with E-state index in [9.17, 15) is 4.79 Å². The lowest BCUT2D eigenvalue weighted by atomic mass is 9.98. The number of hydrogen-bond acceptors (Lipinski definition) is 2. The van der Waals surface area contributed by atoms with E-state index < -0.39 is 11.9 Å². The first-order chi connectivity index (χ1) is 9.47. The maximum absolute atomic E-state index is 11.8. The van der Waals surface area contributed by atoms with Crippen LogP contribution in [0.2, 0.25) is 5.02 Å². The van der Waals surface area contributed by atoms with Crippen molar-refractivity contribution in [3.63, 3.8) is 0 Å². The Morgan fingerprint density at radius 3 is 2.40 bits per heavy atom. The van der Waals surface area contributed by atoms with Gasteiger partial charge in [-0.15, -0.1) is 0 Å². The Balaban J connectivity index is 2.34. The summed E-state index contributed by atoms with van der Waals surface area (Å²) in [5.41, 5.74) is 9.36. The Bertz CT molecular complexity index is 623. The van der Waals surface area contributed by atoms with Gasteiger partial charge in [0, 0.05) is 10.7 Å². The molecule has 20 heavy (non-hydrogen) atoms. The van der Waals surface area contributed by atoms with Crippen molar-refractivity contribution in [2.75, 3.05) is 5.32 Å². The van der Waals surface area contributed by atoms with Gasteiger partial charge in [0.1, 0.15) is 6.04 Å². The van der Waals surface area contributed by atoms with Crippen LogP contribution in [0.1, 0.15) is 22.7 Å². The van der Waals surface area contributed by atoms with Gasteiger partial charge in [0.2, 0.25) is 5.91 Å². The van der Waals surface area contributed by atoms with Gasteiger partial charge in [0.25, 0.3) is 0 Å². The highest BCUT2D eigenvalue weighted by Gasteiger charge is 2.19. The van der Waals surface area contributed by atoms with Crippen molar-refractivity contribution in [2.45, 2.75) is 19.9 Å². The minimum atomic E-state index is -0.559. The second kappa shape index (κ2) is 5.97. The standard InChI is InChI=1S/C16H17ClN2O/c1-10-3-4-11(2)14(9-10)15(16(18)20)19-13-7-5-12(17)6-8-13/h3-9,15,19H,1-2H3,(H2,18,20). The molecule has 2 aromatic carbocycles. The number of nitrogens with two attached hydrogens (primary N) is 1. The molecule has 1 amide bonds. The van der Waals surface area contributed by atoms with Crippen LogP contribution in [0.25, 0.3) is 0 Å². The lowest BCUT2D eigenvalue weighted by molar-refractivity contribution is -0.118. The molecule has 2 aromatic rings. The topological polar surface area (TPSA) is 55.1 Å². The highest BCUT2D eigenvalue weighted by Crippen LogP contribution is 2.24. The van der Waals surface area contributed by atoms with Crippen molar-refractivity contribution in [3.05, 3.63) is 64.2 Å². The van der Waals surface area contributed by atoms with Crippen molar-refractivity contribution >= 4 is 23.2 Å². The number of carbonyl (C=O) groups excluding carboxylic acids is 1. The molecule has 3 nitrogen and oxygen atoms in total. The highest BCUT2D eigenvalue weighted by atomic mass is 35.5. The summed E-state index contributed by atoms with van der Waals surface area (Å²) in [7, 11) is 0. The summed E-state index contributed by atoms with van der Waals surface area (Å²) < 4.78 is 0. The van der Waals surface area contributed by atoms with Crippen molar-refractivity contribution in [1.29, 1.82) is 0 Å². The molecule has 0 fully saturated rings. The number of carbonyl (C=O) groups is 1. The van der Waals surface area contributed by atoms with Crippen molar-refractivity contribution in [3.8, 4) is 0 Å². The van der Waals surface area contributed by atoms with Gasteiger partial charge in [0.05, 0.1) is 0 Å². The van der Waals surface area contributed by atoms with Gasteiger partial charge in [-0.3, -0.25) is 4.79 Å². The van der Waals surface area contributed by atoms with E-state index in [0.29, 0.717) is 5.02 Å². The van der Waals surface area contributed by atoms with Crippen LogP contribution in [0.15, 0.2) is 42.5 Å². The molecule has 1 unspecified atom stereocenters. The van der Waals surface area contributed by atoms with Crippen molar-refractivity contribution in [2.24, 2.45) is 5.73 Å². The lowest BCUT2D eigenvalue weighted by Crippen LogP contribution is -2.28. The van der Waals surface area contributed by atoms with Gasteiger partial charge in [-0.25, -0.2) is 0 Å². The number of benzene rings is 2. The first kappa shape index (κ1) is 14.4. The van der Waals surface area contributed by atoms with Gasteiger partial charge in [0.15, 0.2) is 0 Å². The molecule has 1 atom stereocenters. The summed E-state index contributed by atoms with van der Waals surface area (Å²) in [6.45, 7) is 3.96. The SMILES string of the molecule is Cc1ccc(C)c(C(Nc2ccc(Cl)cc2)C(N)=O)c1. The lowest BCUT2D eigenvalue weighted by Gasteiger charge is -2.19. The Labute approximate surface area is 123 Å². The van der Waals surface area contributed by atoms with Gasteiger partial charge < -0.3 is 11.1 Å². The third-order valence-corrected chi connectivity index (χ3v) is 3.44. The van der Waals surface area contributed by atoms with Crippen LogP contribution in [0.5, 0.6) is 0 Å². The van der Waals surface area contributed by atoms with Crippen LogP contribution in [0.4, 0.5) is 5.69 Å². The summed E-state index contributed by atoms with van der Waals surface area (Å²) >= 11 is 5.85. The molecule has 0 aliphatic heterocycles. The number of amides is 1. The summed E-state index contributed by atoms with van der Waals surface area (Å²) in [6.07, 6.45) is 0. The average Bonchev–Trinajstić information content (AvgIpc) is 2.41. The van der Waals surface area contributed by atoms with Crippen LogP contribution in [-0.4, -0.2) is 5.91 Å². The molecule has 0 heterocycles. The number of aryl methyl sites for hydroxylation is 2. The summed E-state index contributed by atoms with van der Waals surface area (Å²) in [5.74, 6) is -0.409. The van der Waals surface area contributed by atoms with Gasteiger partial charge in [-0.05, 0) is 49.2 Å². The molecule has 0 aliphatic rings. The maximum Gasteiger partial charge on any atom is 0.244 e. The number of halogens is 1. The van der Waals surface area contributed by atoms with E-state index in [-0.39, 0.29) is 0 Å². The van der Waals surface area contributed by atoms with E-state index in [2.05, 4.69) is 5.32 Å². The molecule has 0 aliphatic carbocycles. The van der Waals surface area contributed by atoms with Crippen LogP contribution in [-0.2, 0) is 4.79 Å². The summed E-state index contributed by atoms with van der Waals surface area (Å²) in [5, 5.41) is 3.81. The fraction of sp³-hybridized carbons (Fsp3) is 0.188. The zero-order valence-electron chi connectivity index (χ0n) is 11.5. The van der Waals surface area contributed by atoms with Gasteiger partial charge in [-0.1, -0.05) is 35.4 Å². The van der Waals surface area contributed by atoms with Crippen LogP contribution < -0.4 is 11.1 Å². The third kappa shape index (κ3) is 3.31. The molecule has 0 radical (unpaired) electrons. The van der Waals surface area contributed by atoms with Crippen LogP contribution in [0, 0.1) is 13.8 Å². The minimum Gasteiger partial charge on any atom is -0.370 e. The molecule has 0 saturated heterocycles. The Hall–Kier alpha value is -2.00. The number of rotatable bonds is 4. The second-order valence-electron chi connectivity index (χ2n) is 4.85. The summed E-state index contributed by atoms with van der Waals surface area (Å²) in [6, 6.07) is 12.6. The molecule has 0 spiro atoms. The van der Waals surface area contributed by atoms with E-state index in [1.165, 1.54) is 0 Å². The average molecular weight is 289 g/mol. The smallest absolute Gasteiger partial charge is 0.244 e. The van der Waals surface area contributed by atoms with E-state index in [0.717, 1.165) is 22.4 Å². The Morgan fingerprint density at radius 2 is 1.80 bits per heavy atom. The first-order valence-electron chi connectivity index (χ1n) is 6.36. The zero-order chi connectivity index (χ0) is 14.7. The predicted molar refractivity (Wildman–Crippen MR) is 82.9 cm³/mol. The largest absolute Gasteiger partial charge is 0.370 e. The van der Waals surface area contributed by atoms with E-state index in [1.807, 2.05) is 44.2 Å². The van der Waals surface area contributed by atoms with Crippen molar-refractivity contribution in [1.82, 2.24) is 0 Å². The Kier molecular flexibility index (Phi) is 4.30. The number of hydrogen-bond donors (Lipinski definition) is 2. The van der Waals surface area contributed by atoms with Gasteiger partial charge >= 0.3 is 0 Å². The number of primary amides is 1. The fourth-order valence-corrected chi connectivity index (χ4v) is 2.21. The molecule has 2 rings (SSSR count). The maximum atomic E-state index is 11.8.